The maximum atomic E-state index is 12.5. The molecule has 0 unspecified atom stereocenters. The zero-order valence-corrected chi connectivity index (χ0v) is 20.6. The maximum absolute atomic E-state index is 12.5. The van der Waals surface area contributed by atoms with Crippen molar-refractivity contribution in [3.05, 3.63) is 53.6 Å². The van der Waals surface area contributed by atoms with E-state index in [1.165, 1.54) is 5.69 Å². The molecule has 0 atom stereocenters. The number of carbonyl (C=O) groups excluding carboxylic acids is 1. The lowest BCUT2D eigenvalue weighted by Crippen LogP contribution is -2.46. The van der Waals surface area contributed by atoms with Crippen LogP contribution in [0.3, 0.4) is 0 Å². The van der Waals surface area contributed by atoms with Crippen LogP contribution in [0.1, 0.15) is 31.9 Å². The monoisotopic (exact) mass is 451 g/mol. The molecule has 0 radical (unpaired) electrons. The molecule has 0 bridgehead atoms. The number of amides is 1. The van der Waals surface area contributed by atoms with E-state index < -0.39 is 0 Å². The first-order valence-corrected chi connectivity index (χ1v) is 11.8. The summed E-state index contributed by atoms with van der Waals surface area (Å²) in [6.07, 6.45) is 3.32. The average Bonchev–Trinajstić information content (AvgIpc) is 2.82. The van der Waals surface area contributed by atoms with Crippen molar-refractivity contribution in [2.45, 2.75) is 27.7 Å². The van der Waals surface area contributed by atoms with E-state index in [2.05, 4.69) is 48.0 Å². The van der Waals surface area contributed by atoms with Crippen LogP contribution in [0.5, 0.6) is 11.5 Å². The third-order valence-electron chi connectivity index (χ3n) is 5.84. The lowest BCUT2D eigenvalue weighted by molar-refractivity contribution is -0.111. The van der Waals surface area contributed by atoms with Crippen molar-refractivity contribution in [1.29, 1.82) is 0 Å². The zero-order valence-electron chi connectivity index (χ0n) is 20.6. The number of methoxy groups -OCH3 is 1. The van der Waals surface area contributed by atoms with Gasteiger partial charge in [-0.05, 0) is 66.9 Å². The summed E-state index contributed by atoms with van der Waals surface area (Å²) in [6, 6.07) is 11.9. The van der Waals surface area contributed by atoms with Gasteiger partial charge in [-0.25, -0.2) is 0 Å². The molecule has 33 heavy (non-hydrogen) atoms. The Morgan fingerprint density at radius 1 is 1.09 bits per heavy atom. The first-order valence-electron chi connectivity index (χ1n) is 11.8. The molecule has 1 heterocycles. The summed E-state index contributed by atoms with van der Waals surface area (Å²) in [5.41, 5.74) is 3.97. The Kier molecular flexibility index (Phi) is 8.78. The standard InChI is InChI=1S/C27H37N3O3/c1-6-29-13-15-30(16-14-29)23-9-10-24(21(4)17-23)28-27(31)12-8-22-7-11-25(26(18-22)32-5)33-19-20(2)3/h7-12,17-18,20H,6,13-16,19H2,1-5H3,(H,28,31)/b12-8+. The minimum atomic E-state index is -0.165. The summed E-state index contributed by atoms with van der Waals surface area (Å²) in [4.78, 5) is 17.4. The highest BCUT2D eigenvalue weighted by Crippen LogP contribution is 2.29. The van der Waals surface area contributed by atoms with Crippen LogP contribution in [0, 0.1) is 12.8 Å². The number of aryl methyl sites for hydroxylation is 1. The van der Waals surface area contributed by atoms with Gasteiger partial charge >= 0.3 is 0 Å². The lowest BCUT2D eigenvalue weighted by atomic mass is 10.1. The quantitative estimate of drug-likeness (QED) is 0.554. The third kappa shape index (κ3) is 6.99. The molecule has 0 aliphatic carbocycles. The second-order valence-corrected chi connectivity index (χ2v) is 8.86. The van der Waals surface area contributed by atoms with Crippen LogP contribution in [0.2, 0.25) is 0 Å². The third-order valence-corrected chi connectivity index (χ3v) is 5.84. The van der Waals surface area contributed by atoms with Crippen molar-refractivity contribution in [2.24, 2.45) is 5.92 Å². The second kappa shape index (κ2) is 11.8. The molecule has 1 aliphatic rings. The molecule has 178 valence electrons. The highest BCUT2D eigenvalue weighted by Gasteiger charge is 2.16. The van der Waals surface area contributed by atoms with E-state index in [1.54, 1.807) is 19.3 Å². The largest absolute Gasteiger partial charge is 0.493 e. The molecule has 1 amide bonds. The first-order chi connectivity index (χ1) is 15.9. The molecule has 3 rings (SSSR count). The maximum Gasteiger partial charge on any atom is 0.248 e. The lowest BCUT2D eigenvalue weighted by Gasteiger charge is -2.35. The van der Waals surface area contributed by atoms with Gasteiger partial charge in [-0.3, -0.25) is 4.79 Å². The van der Waals surface area contributed by atoms with E-state index in [1.807, 2.05) is 31.2 Å². The Bertz CT molecular complexity index is 963. The highest BCUT2D eigenvalue weighted by atomic mass is 16.5. The van der Waals surface area contributed by atoms with Gasteiger partial charge in [0.15, 0.2) is 11.5 Å². The van der Waals surface area contributed by atoms with E-state index in [9.17, 15) is 4.79 Å². The molecular formula is C27H37N3O3. The minimum Gasteiger partial charge on any atom is -0.493 e. The molecule has 0 saturated carbocycles. The Balaban J connectivity index is 1.60. The molecule has 1 aliphatic heterocycles. The van der Waals surface area contributed by atoms with Gasteiger partial charge in [-0.15, -0.1) is 0 Å². The Hall–Kier alpha value is -2.99. The molecule has 0 spiro atoms. The van der Waals surface area contributed by atoms with Gasteiger partial charge in [0.25, 0.3) is 0 Å². The van der Waals surface area contributed by atoms with Crippen molar-refractivity contribution in [1.82, 2.24) is 4.90 Å². The van der Waals surface area contributed by atoms with Gasteiger partial charge in [0.1, 0.15) is 0 Å². The number of anilines is 2. The predicted molar refractivity (Wildman–Crippen MR) is 136 cm³/mol. The van der Waals surface area contributed by atoms with Crippen LogP contribution in [0.25, 0.3) is 6.08 Å². The Morgan fingerprint density at radius 3 is 2.48 bits per heavy atom. The molecular weight excluding hydrogens is 414 g/mol. The Labute approximate surface area is 198 Å². The smallest absolute Gasteiger partial charge is 0.248 e. The summed E-state index contributed by atoms with van der Waals surface area (Å²) in [5, 5.41) is 2.99. The van der Waals surface area contributed by atoms with Crippen molar-refractivity contribution >= 4 is 23.4 Å². The number of carbonyl (C=O) groups is 1. The van der Waals surface area contributed by atoms with E-state index in [0.29, 0.717) is 24.0 Å². The molecule has 0 aromatic heterocycles. The van der Waals surface area contributed by atoms with Gasteiger partial charge in [-0.2, -0.15) is 0 Å². The number of likely N-dealkylation sites (N-methyl/N-ethyl adjacent to an activating group) is 1. The number of ether oxygens (including phenoxy) is 2. The van der Waals surface area contributed by atoms with Crippen molar-refractivity contribution in [3.8, 4) is 11.5 Å². The van der Waals surface area contributed by atoms with Gasteiger partial charge in [0.2, 0.25) is 5.91 Å². The van der Waals surface area contributed by atoms with Gasteiger partial charge in [-0.1, -0.05) is 26.8 Å². The van der Waals surface area contributed by atoms with Crippen LogP contribution in [0.4, 0.5) is 11.4 Å². The molecule has 2 aromatic rings. The minimum absolute atomic E-state index is 0.165. The van der Waals surface area contributed by atoms with Crippen LogP contribution in [-0.2, 0) is 4.79 Å². The van der Waals surface area contributed by atoms with Gasteiger partial charge in [0, 0.05) is 43.6 Å². The number of benzene rings is 2. The van der Waals surface area contributed by atoms with Crippen molar-refractivity contribution < 1.29 is 14.3 Å². The fraction of sp³-hybridized carbons (Fsp3) is 0.444. The molecule has 1 fully saturated rings. The fourth-order valence-corrected chi connectivity index (χ4v) is 3.82. The molecule has 2 aromatic carbocycles. The SMILES string of the molecule is CCN1CCN(c2ccc(NC(=O)/C=C/c3ccc(OCC(C)C)c(OC)c3)c(C)c2)CC1. The number of nitrogens with zero attached hydrogens (tertiary/aromatic N) is 2. The number of hydrogen-bond acceptors (Lipinski definition) is 5. The van der Waals surface area contributed by atoms with Crippen molar-refractivity contribution in [3.63, 3.8) is 0 Å². The summed E-state index contributed by atoms with van der Waals surface area (Å²) in [7, 11) is 1.62. The summed E-state index contributed by atoms with van der Waals surface area (Å²) in [6.45, 7) is 14.4. The van der Waals surface area contributed by atoms with Gasteiger partial charge < -0.3 is 24.6 Å². The van der Waals surface area contributed by atoms with E-state index in [0.717, 1.165) is 49.5 Å². The first kappa shape index (κ1) is 24.6. The van der Waals surface area contributed by atoms with Crippen LogP contribution >= 0.6 is 0 Å². The average molecular weight is 452 g/mol. The molecule has 6 heteroatoms. The predicted octanol–water partition coefficient (Wildman–Crippen LogP) is 4.83. The van der Waals surface area contributed by atoms with Gasteiger partial charge in [0.05, 0.1) is 13.7 Å². The normalized spacial score (nSPS) is 14.7. The van der Waals surface area contributed by atoms with E-state index >= 15 is 0 Å². The number of piperazine rings is 1. The topological polar surface area (TPSA) is 54.0 Å². The van der Waals surface area contributed by atoms with Crippen LogP contribution < -0.4 is 19.7 Å². The van der Waals surface area contributed by atoms with Crippen molar-refractivity contribution in [2.75, 3.05) is 56.7 Å². The van der Waals surface area contributed by atoms with Crippen LogP contribution in [-0.4, -0.2) is 57.2 Å². The zero-order chi connectivity index (χ0) is 23.8. The van der Waals surface area contributed by atoms with E-state index in [-0.39, 0.29) is 5.91 Å². The Morgan fingerprint density at radius 2 is 1.85 bits per heavy atom. The molecule has 1 N–H and O–H groups in total. The number of hydrogen-bond donors (Lipinski definition) is 1. The number of rotatable bonds is 9. The second-order valence-electron chi connectivity index (χ2n) is 8.86. The summed E-state index contributed by atoms with van der Waals surface area (Å²) >= 11 is 0. The molecule has 6 nitrogen and oxygen atoms in total. The van der Waals surface area contributed by atoms with E-state index in [4.69, 9.17) is 9.47 Å². The highest BCUT2D eigenvalue weighted by molar-refractivity contribution is 6.02. The number of nitrogens with one attached hydrogen (secondary N) is 1. The summed E-state index contributed by atoms with van der Waals surface area (Å²) in [5.74, 6) is 1.63. The van der Waals surface area contributed by atoms with Crippen LogP contribution in [0.15, 0.2) is 42.5 Å². The molecule has 1 saturated heterocycles. The fourth-order valence-electron chi connectivity index (χ4n) is 3.82. The summed E-state index contributed by atoms with van der Waals surface area (Å²) < 4.78 is 11.2.